The molecule has 1 aliphatic rings. The lowest BCUT2D eigenvalue weighted by atomic mass is 9.92. The predicted octanol–water partition coefficient (Wildman–Crippen LogP) is 3.31. The van der Waals surface area contributed by atoms with E-state index in [0.29, 0.717) is 19.6 Å². The zero-order valence-electron chi connectivity index (χ0n) is 15.4. The summed E-state index contributed by atoms with van der Waals surface area (Å²) < 4.78 is 24.9. The van der Waals surface area contributed by atoms with E-state index >= 15 is 0 Å². The van der Waals surface area contributed by atoms with Gasteiger partial charge >= 0.3 is 0 Å². The third kappa shape index (κ3) is 6.55. The van der Waals surface area contributed by atoms with Gasteiger partial charge in [-0.05, 0) is 31.2 Å². The molecular weight excluding hydrogens is 342 g/mol. The van der Waals surface area contributed by atoms with Crippen molar-refractivity contribution in [3.63, 3.8) is 0 Å². The number of rotatable bonds is 7. The molecule has 2 N–H and O–H groups in total. The number of piperidine rings is 1. The first kappa shape index (κ1) is 20.1. The number of hydrogen-bond acceptors (Lipinski definition) is 3. The number of halogens is 2. The van der Waals surface area contributed by atoms with Crippen molar-refractivity contribution in [2.24, 2.45) is 4.99 Å². The second-order valence-corrected chi connectivity index (χ2v) is 8.11. The van der Waals surface area contributed by atoms with Crippen LogP contribution in [0.25, 0.3) is 0 Å². The van der Waals surface area contributed by atoms with Gasteiger partial charge in [0.2, 0.25) is 0 Å². The van der Waals surface area contributed by atoms with Crippen molar-refractivity contribution in [1.29, 1.82) is 0 Å². The molecule has 7 heteroatoms. The number of alkyl halides is 2. The highest BCUT2D eigenvalue weighted by Gasteiger charge is 2.24. The molecule has 0 unspecified atom stereocenters. The summed E-state index contributed by atoms with van der Waals surface area (Å²) in [5.41, 5.74) is -0.00283. The summed E-state index contributed by atoms with van der Waals surface area (Å²) in [7, 11) is 0. The zero-order valence-corrected chi connectivity index (χ0v) is 16.2. The van der Waals surface area contributed by atoms with E-state index in [0.717, 1.165) is 25.3 Å². The minimum atomic E-state index is -2.25. The van der Waals surface area contributed by atoms with E-state index in [4.69, 9.17) is 4.99 Å². The quantitative estimate of drug-likeness (QED) is 0.570. The van der Waals surface area contributed by atoms with Crippen LogP contribution >= 0.6 is 11.3 Å². The number of thiophene rings is 1. The van der Waals surface area contributed by atoms with Crippen LogP contribution in [-0.4, -0.2) is 56.1 Å². The van der Waals surface area contributed by atoms with Crippen LogP contribution in [0, 0.1) is 0 Å². The van der Waals surface area contributed by atoms with Gasteiger partial charge in [0, 0.05) is 36.0 Å². The summed E-state index contributed by atoms with van der Waals surface area (Å²) >= 11 is 1.76. The van der Waals surface area contributed by atoms with E-state index < -0.39 is 6.43 Å². The smallest absolute Gasteiger partial charge is 0.251 e. The van der Waals surface area contributed by atoms with Gasteiger partial charge in [0.05, 0.1) is 13.1 Å². The van der Waals surface area contributed by atoms with Crippen LogP contribution in [0.4, 0.5) is 8.78 Å². The third-order valence-electron chi connectivity index (χ3n) is 4.49. The predicted molar refractivity (Wildman–Crippen MR) is 102 cm³/mol. The molecule has 0 amide bonds. The number of aliphatic imine (C=N–C) groups is 1. The molecule has 0 aliphatic carbocycles. The maximum Gasteiger partial charge on any atom is 0.251 e. The van der Waals surface area contributed by atoms with E-state index in [9.17, 15) is 8.78 Å². The molecule has 0 radical (unpaired) electrons. The SMILES string of the molecule is CCNC(=NCC(C)(C)c1cccs1)NC1CCN(CC(F)F)CC1. The molecule has 1 aromatic heterocycles. The van der Waals surface area contributed by atoms with E-state index in [1.54, 1.807) is 11.3 Å². The highest BCUT2D eigenvalue weighted by molar-refractivity contribution is 7.10. The molecule has 1 aromatic rings. The van der Waals surface area contributed by atoms with Gasteiger partial charge in [-0.3, -0.25) is 9.89 Å². The Hall–Kier alpha value is -1.21. The molecule has 1 aliphatic heterocycles. The molecule has 2 rings (SSSR count). The fraction of sp³-hybridized carbons (Fsp3) is 0.722. The fourth-order valence-corrected chi connectivity index (χ4v) is 3.83. The topological polar surface area (TPSA) is 39.7 Å². The average Bonchev–Trinajstić information content (AvgIpc) is 3.10. The number of likely N-dealkylation sites (tertiary alicyclic amines) is 1. The summed E-state index contributed by atoms with van der Waals surface area (Å²) in [5, 5.41) is 8.87. The van der Waals surface area contributed by atoms with Gasteiger partial charge in [0.1, 0.15) is 0 Å². The van der Waals surface area contributed by atoms with Gasteiger partial charge in [-0.2, -0.15) is 0 Å². The normalized spacial score (nSPS) is 17.9. The highest BCUT2D eigenvalue weighted by Crippen LogP contribution is 2.27. The maximum atomic E-state index is 12.5. The first-order valence-corrected chi connectivity index (χ1v) is 9.88. The van der Waals surface area contributed by atoms with Crippen LogP contribution in [0.5, 0.6) is 0 Å². The standard InChI is InChI=1S/C18H30F2N4S/c1-4-21-17(22-13-18(2,3)15-6-5-11-25-15)23-14-7-9-24(10-8-14)12-16(19)20/h5-6,11,14,16H,4,7-10,12-13H2,1-3H3,(H2,21,22,23). The van der Waals surface area contributed by atoms with Gasteiger partial charge in [-0.1, -0.05) is 19.9 Å². The lowest BCUT2D eigenvalue weighted by Crippen LogP contribution is -2.49. The van der Waals surface area contributed by atoms with Crippen LogP contribution in [0.2, 0.25) is 0 Å². The second kappa shape index (κ2) is 9.48. The first-order valence-electron chi connectivity index (χ1n) is 9.00. The second-order valence-electron chi connectivity index (χ2n) is 7.17. The average molecular weight is 373 g/mol. The Balaban J connectivity index is 1.88. The fourth-order valence-electron chi connectivity index (χ4n) is 2.99. The summed E-state index contributed by atoms with van der Waals surface area (Å²) in [4.78, 5) is 7.94. The monoisotopic (exact) mass is 372 g/mol. The zero-order chi connectivity index (χ0) is 18.3. The van der Waals surface area contributed by atoms with E-state index in [2.05, 4.69) is 42.0 Å². The minimum absolute atomic E-state index is 0.00283. The molecule has 25 heavy (non-hydrogen) atoms. The molecule has 2 heterocycles. The molecule has 0 saturated carbocycles. The van der Waals surface area contributed by atoms with Gasteiger partial charge in [0.15, 0.2) is 5.96 Å². The molecular formula is C18H30F2N4S. The van der Waals surface area contributed by atoms with Gasteiger partial charge in [-0.25, -0.2) is 8.78 Å². The van der Waals surface area contributed by atoms with Crippen molar-refractivity contribution in [2.45, 2.75) is 51.5 Å². The Morgan fingerprint density at radius 3 is 2.68 bits per heavy atom. The van der Waals surface area contributed by atoms with Gasteiger partial charge in [-0.15, -0.1) is 11.3 Å². The number of nitrogens with one attached hydrogen (secondary N) is 2. The summed E-state index contributed by atoms with van der Waals surface area (Å²) in [6.07, 6.45) is -0.514. The van der Waals surface area contributed by atoms with Gasteiger partial charge in [0.25, 0.3) is 6.43 Å². The van der Waals surface area contributed by atoms with E-state index in [-0.39, 0.29) is 18.0 Å². The highest BCUT2D eigenvalue weighted by atomic mass is 32.1. The van der Waals surface area contributed by atoms with Gasteiger partial charge < -0.3 is 10.6 Å². The van der Waals surface area contributed by atoms with Crippen LogP contribution < -0.4 is 10.6 Å². The van der Waals surface area contributed by atoms with Crippen molar-refractivity contribution < 1.29 is 8.78 Å². The van der Waals surface area contributed by atoms with Crippen LogP contribution in [0.1, 0.15) is 38.5 Å². The molecule has 0 spiro atoms. The molecule has 1 saturated heterocycles. The third-order valence-corrected chi connectivity index (χ3v) is 5.73. The minimum Gasteiger partial charge on any atom is -0.357 e. The first-order chi connectivity index (χ1) is 11.9. The lowest BCUT2D eigenvalue weighted by Gasteiger charge is -2.33. The molecule has 0 aromatic carbocycles. The van der Waals surface area contributed by atoms with Crippen molar-refractivity contribution in [3.05, 3.63) is 22.4 Å². The molecule has 142 valence electrons. The van der Waals surface area contributed by atoms with Crippen molar-refractivity contribution in [1.82, 2.24) is 15.5 Å². The largest absolute Gasteiger partial charge is 0.357 e. The Morgan fingerprint density at radius 2 is 2.12 bits per heavy atom. The molecule has 1 fully saturated rings. The Bertz CT molecular complexity index is 523. The van der Waals surface area contributed by atoms with E-state index in [1.807, 2.05) is 11.8 Å². The lowest BCUT2D eigenvalue weighted by molar-refractivity contribution is 0.0744. The summed E-state index contributed by atoms with van der Waals surface area (Å²) in [5.74, 6) is 0.819. The summed E-state index contributed by atoms with van der Waals surface area (Å²) in [6.45, 7) is 9.26. The van der Waals surface area contributed by atoms with Crippen LogP contribution in [-0.2, 0) is 5.41 Å². The Labute approximate surface area is 153 Å². The van der Waals surface area contributed by atoms with Crippen LogP contribution in [0.15, 0.2) is 22.5 Å². The number of guanidine groups is 1. The number of hydrogen-bond donors (Lipinski definition) is 2. The van der Waals surface area contributed by atoms with Crippen molar-refractivity contribution in [3.8, 4) is 0 Å². The Morgan fingerprint density at radius 1 is 1.40 bits per heavy atom. The van der Waals surface area contributed by atoms with Crippen molar-refractivity contribution in [2.75, 3.05) is 32.7 Å². The maximum absolute atomic E-state index is 12.5. The summed E-state index contributed by atoms with van der Waals surface area (Å²) in [6, 6.07) is 4.51. The van der Waals surface area contributed by atoms with E-state index in [1.165, 1.54) is 4.88 Å². The molecule has 0 bridgehead atoms. The van der Waals surface area contributed by atoms with Crippen LogP contribution in [0.3, 0.4) is 0 Å². The van der Waals surface area contributed by atoms with Crippen molar-refractivity contribution >= 4 is 17.3 Å². The molecule has 0 atom stereocenters. The Kier molecular flexibility index (Phi) is 7.62. The number of nitrogens with zero attached hydrogens (tertiary/aromatic N) is 2. The molecule has 4 nitrogen and oxygen atoms in total.